The molecular formula is C9H4F2N2. The minimum absolute atomic E-state index is 0.0421. The van der Waals surface area contributed by atoms with E-state index in [1.807, 2.05) is 0 Å². The number of nitriles is 2. The molecule has 13 heavy (non-hydrogen) atoms. The van der Waals surface area contributed by atoms with Crippen molar-refractivity contribution < 1.29 is 8.78 Å². The largest absolute Gasteiger partial charge is 0.205 e. The zero-order chi connectivity index (χ0) is 9.84. The highest BCUT2D eigenvalue weighted by Gasteiger charge is 2.12. The number of hydrogen-bond donors (Lipinski definition) is 0. The molecule has 1 aromatic rings. The normalized spacial score (nSPS) is 8.92. The number of halogens is 2. The van der Waals surface area contributed by atoms with E-state index in [2.05, 4.69) is 0 Å². The van der Waals surface area contributed by atoms with Crippen LogP contribution in [-0.4, -0.2) is 0 Å². The fraction of sp³-hybridized carbons (Fsp3) is 0.111. The van der Waals surface area contributed by atoms with E-state index >= 15 is 0 Å². The first-order valence-corrected chi connectivity index (χ1v) is 3.44. The summed E-state index contributed by atoms with van der Waals surface area (Å²) in [7, 11) is 0. The molecule has 0 saturated carbocycles. The first-order valence-electron chi connectivity index (χ1n) is 3.44. The van der Waals surface area contributed by atoms with Crippen LogP contribution in [0.15, 0.2) is 12.1 Å². The summed E-state index contributed by atoms with van der Waals surface area (Å²) in [5, 5.41) is 16.7. The molecule has 1 rings (SSSR count). The molecule has 0 bridgehead atoms. The molecule has 0 fully saturated rings. The molecule has 0 amide bonds. The van der Waals surface area contributed by atoms with Crippen LogP contribution in [0.2, 0.25) is 0 Å². The third kappa shape index (κ3) is 1.62. The van der Waals surface area contributed by atoms with Crippen molar-refractivity contribution in [2.24, 2.45) is 0 Å². The monoisotopic (exact) mass is 178 g/mol. The van der Waals surface area contributed by atoms with E-state index in [1.165, 1.54) is 6.07 Å². The van der Waals surface area contributed by atoms with Gasteiger partial charge in [-0.2, -0.15) is 10.5 Å². The SMILES string of the molecule is N#CCc1ccc(F)c(C#N)c1F. The number of nitrogens with zero attached hydrogens (tertiary/aromatic N) is 2. The van der Waals surface area contributed by atoms with Gasteiger partial charge in [0.15, 0.2) is 0 Å². The third-order valence-corrected chi connectivity index (χ3v) is 1.55. The predicted molar refractivity (Wildman–Crippen MR) is 40.4 cm³/mol. The van der Waals surface area contributed by atoms with E-state index in [1.54, 1.807) is 6.07 Å². The highest BCUT2D eigenvalue weighted by Crippen LogP contribution is 2.15. The maximum absolute atomic E-state index is 13.1. The van der Waals surface area contributed by atoms with E-state index < -0.39 is 17.2 Å². The van der Waals surface area contributed by atoms with Crippen LogP contribution in [0, 0.1) is 34.3 Å². The summed E-state index contributed by atoms with van der Waals surface area (Å²) in [4.78, 5) is 0. The smallest absolute Gasteiger partial charge is 0.148 e. The van der Waals surface area contributed by atoms with Gasteiger partial charge in [-0.3, -0.25) is 0 Å². The van der Waals surface area contributed by atoms with Crippen molar-refractivity contribution in [3.05, 3.63) is 34.9 Å². The molecular weight excluding hydrogens is 174 g/mol. The van der Waals surface area contributed by atoms with Crippen LogP contribution in [0.3, 0.4) is 0 Å². The Morgan fingerprint density at radius 3 is 2.46 bits per heavy atom. The van der Waals surface area contributed by atoms with Crippen LogP contribution in [-0.2, 0) is 6.42 Å². The fourth-order valence-corrected chi connectivity index (χ4v) is 0.920. The van der Waals surface area contributed by atoms with Crippen molar-refractivity contribution in [1.29, 1.82) is 10.5 Å². The van der Waals surface area contributed by atoms with Gasteiger partial charge in [-0.25, -0.2) is 8.78 Å². The molecule has 2 nitrogen and oxygen atoms in total. The summed E-state index contributed by atoms with van der Waals surface area (Å²) in [5.41, 5.74) is -0.590. The van der Waals surface area contributed by atoms with Crippen molar-refractivity contribution in [3.63, 3.8) is 0 Å². The summed E-state index contributed by atoms with van der Waals surface area (Å²) in [6.45, 7) is 0. The molecule has 0 saturated heterocycles. The fourth-order valence-electron chi connectivity index (χ4n) is 0.920. The van der Waals surface area contributed by atoms with E-state index in [4.69, 9.17) is 10.5 Å². The van der Waals surface area contributed by atoms with Crippen molar-refractivity contribution in [1.82, 2.24) is 0 Å². The lowest BCUT2D eigenvalue weighted by Crippen LogP contribution is -1.96. The van der Waals surface area contributed by atoms with Gasteiger partial charge in [-0.05, 0) is 6.07 Å². The van der Waals surface area contributed by atoms with Crippen LogP contribution in [0.1, 0.15) is 11.1 Å². The van der Waals surface area contributed by atoms with E-state index in [9.17, 15) is 8.78 Å². The van der Waals surface area contributed by atoms with Gasteiger partial charge in [0.1, 0.15) is 23.3 Å². The van der Waals surface area contributed by atoms with Gasteiger partial charge in [-0.1, -0.05) is 6.07 Å². The van der Waals surface area contributed by atoms with Crippen molar-refractivity contribution >= 4 is 0 Å². The first-order chi connectivity index (χ1) is 6.20. The molecule has 1 aromatic carbocycles. The van der Waals surface area contributed by atoms with Crippen molar-refractivity contribution in [3.8, 4) is 12.1 Å². The Bertz CT molecular complexity index is 413. The van der Waals surface area contributed by atoms with Gasteiger partial charge in [0, 0.05) is 5.56 Å². The molecule has 64 valence electrons. The van der Waals surface area contributed by atoms with Gasteiger partial charge in [0.2, 0.25) is 0 Å². The summed E-state index contributed by atoms with van der Waals surface area (Å²) >= 11 is 0. The lowest BCUT2D eigenvalue weighted by atomic mass is 10.1. The molecule has 0 atom stereocenters. The van der Waals surface area contributed by atoms with E-state index in [-0.39, 0.29) is 12.0 Å². The topological polar surface area (TPSA) is 47.6 Å². The van der Waals surface area contributed by atoms with Crippen LogP contribution >= 0.6 is 0 Å². The highest BCUT2D eigenvalue weighted by atomic mass is 19.1. The number of benzene rings is 1. The Kier molecular flexibility index (Phi) is 2.56. The number of rotatable bonds is 1. The minimum atomic E-state index is -0.941. The van der Waals surface area contributed by atoms with Crippen LogP contribution < -0.4 is 0 Å². The zero-order valence-electron chi connectivity index (χ0n) is 6.51. The second-order valence-electron chi connectivity index (χ2n) is 2.34. The lowest BCUT2D eigenvalue weighted by Gasteiger charge is -1.99. The Balaban J connectivity index is 3.31. The van der Waals surface area contributed by atoms with E-state index in [0.29, 0.717) is 0 Å². The van der Waals surface area contributed by atoms with Gasteiger partial charge in [0.05, 0.1) is 12.5 Å². The van der Waals surface area contributed by atoms with Crippen LogP contribution in [0.5, 0.6) is 0 Å². The minimum Gasteiger partial charge on any atom is -0.205 e. The molecule has 0 radical (unpaired) electrons. The quantitative estimate of drug-likeness (QED) is 0.659. The Morgan fingerprint density at radius 1 is 1.23 bits per heavy atom. The van der Waals surface area contributed by atoms with Crippen molar-refractivity contribution in [2.45, 2.75) is 6.42 Å². The van der Waals surface area contributed by atoms with Gasteiger partial charge in [0.25, 0.3) is 0 Å². The molecule has 0 spiro atoms. The number of hydrogen-bond acceptors (Lipinski definition) is 2. The van der Waals surface area contributed by atoms with Gasteiger partial charge >= 0.3 is 0 Å². The average Bonchev–Trinajstić information content (AvgIpc) is 2.11. The van der Waals surface area contributed by atoms with E-state index in [0.717, 1.165) is 12.1 Å². The molecule has 4 heteroatoms. The Hall–Kier alpha value is -1.94. The third-order valence-electron chi connectivity index (χ3n) is 1.55. The standard InChI is InChI=1S/C9H4F2N2/c10-8-2-1-6(3-4-12)9(11)7(8)5-13/h1-2H,3H2. The molecule has 0 aliphatic carbocycles. The predicted octanol–water partition coefficient (Wildman–Crippen LogP) is 1.90. The summed E-state index contributed by atoms with van der Waals surface area (Å²) in [6, 6.07) is 5.27. The first kappa shape index (κ1) is 9.15. The highest BCUT2D eigenvalue weighted by molar-refractivity contribution is 5.37. The molecule has 0 heterocycles. The van der Waals surface area contributed by atoms with Crippen LogP contribution in [0.4, 0.5) is 8.78 Å². The maximum atomic E-state index is 13.1. The lowest BCUT2D eigenvalue weighted by molar-refractivity contribution is 0.569. The Labute approximate surface area is 73.6 Å². The average molecular weight is 178 g/mol. The second kappa shape index (κ2) is 3.64. The second-order valence-corrected chi connectivity index (χ2v) is 2.34. The van der Waals surface area contributed by atoms with Gasteiger partial charge < -0.3 is 0 Å². The summed E-state index contributed by atoms with van der Waals surface area (Å²) < 4.78 is 25.8. The molecule has 0 aromatic heterocycles. The molecule has 0 N–H and O–H groups in total. The van der Waals surface area contributed by atoms with Gasteiger partial charge in [-0.15, -0.1) is 0 Å². The molecule has 0 aliphatic heterocycles. The van der Waals surface area contributed by atoms with Crippen molar-refractivity contribution in [2.75, 3.05) is 0 Å². The Morgan fingerprint density at radius 2 is 1.92 bits per heavy atom. The maximum Gasteiger partial charge on any atom is 0.148 e. The zero-order valence-corrected chi connectivity index (χ0v) is 6.51. The molecule has 0 unspecified atom stereocenters. The van der Waals surface area contributed by atoms with Crippen LogP contribution in [0.25, 0.3) is 0 Å². The molecule has 0 aliphatic rings. The summed E-state index contributed by atoms with van der Waals surface area (Å²) in [5.74, 6) is -1.84. The summed E-state index contributed by atoms with van der Waals surface area (Å²) in [6.07, 6.45) is -0.166.